The van der Waals surface area contributed by atoms with E-state index in [1.807, 2.05) is 0 Å². The van der Waals surface area contributed by atoms with E-state index in [0.29, 0.717) is 17.8 Å². The quantitative estimate of drug-likeness (QED) is 0.731. The lowest BCUT2D eigenvalue weighted by molar-refractivity contribution is 0.0429. The van der Waals surface area contributed by atoms with Crippen LogP contribution in [0.15, 0.2) is 16.9 Å². The molecule has 1 heterocycles. The Bertz CT molecular complexity index is 498. The molecule has 1 saturated carbocycles. The van der Waals surface area contributed by atoms with Crippen LogP contribution in [0.1, 0.15) is 35.3 Å². The van der Waals surface area contributed by atoms with E-state index in [1.54, 1.807) is 13.0 Å². The normalized spacial score (nSPS) is 17.0. The number of carbonyl (C=O) groups is 1. The minimum absolute atomic E-state index is 0.0989. The monoisotopic (exact) mass is 250 g/mol. The van der Waals surface area contributed by atoms with Crippen LogP contribution in [0.25, 0.3) is 0 Å². The van der Waals surface area contributed by atoms with Crippen LogP contribution in [-0.2, 0) is 0 Å². The molecule has 0 saturated heterocycles. The molecular weight excluding hydrogens is 232 g/mol. The zero-order valence-corrected chi connectivity index (χ0v) is 10.5. The summed E-state index contributed by atoms with van der Waals surface area (Å²) in [6.45, 7) is 2.30. The van der Waals surface area contributed by atoms with Gasteiger partial charge in [-0.15, -0.1) is 0 Å². The van der Waals surface area contributed by atoms with E-state index in [4.69, 9.17) is 0 Å². The van der Waals surface area contributed by atoms with Gasteiger partial charge in [-0.2, -0.15) is 0 Å². The highest BCUT2D eigenvalue weighted by Crippen LogP contribution is 2.39. The number of pyridine rings is 1. The highest BCUT2D eigenvalue weighted by molar-refractivity contribution is 5.94. The van der Waals surface area contributed by atoms with E-state index in [2.05, 4.69) is 10.3 Å². The molecule has 1 aromatic rings. The van der Waals surface area contributed by atoms with Crippen LogP contribution in [0.5, 0.6) is 0 Å². The van der Waals surface area contributed by atoms with Gasteiger partial charge in [-0.25, -0.2) is 0 Å². The smallest absolute Gasteiger partial charge is 0.251 e. The largest absolute Gasteiger partial charge is 0.396 e. The van der Waals surface area contributed by atoms with Gasteiger partial charge >= 0.3 is 0 Å². The number of hydrogen-bond acceptors (Lipinski definition) is 3. The fourth-order valence-corrected chi connectivity index (χ4v) is 2.25. The third-order valence-electron chi connectivity index (χ3n) is 3.61. The van der Waals surface area contributed by atoms with Crippen LogP contribution in [0, 0.1) is 12.3 Å². The van der Waals surface area contributed by atoms with Crippen molar-refractivity contribution in [2.24, 2.45) is 5.41 Å². The second kappa shape index (κ2) is 4.94. The molecule has 2 rings (SSSR count). The zero-order valence-electron chi connectivity index (χ0n) is 10.5. The summed E-state index contributed by atoms with van der Waals surface area (Å²) in [5.41, 5.74) is 0.601. The van der Waals surface area contributed by atoms with E-state index in [1.165, 1.54) is 6.07 Å². The van der Waals surface area contributed by atoms with Crippen LogP contribution >= 0.6 is 0 Å². The van der Waals surface area contributed by atoms with Crippen molar-refractivity contribution in [2.45, 2.75) is 26.2 Å². The number of hydrogen-bond donors (Lipinski definition) is 3. The highest BCUT2D eigenvalue weighted by Gasteiger charge is 2.36. The number of rotatable bonds is 4. The molecular formula is C13H18N2O3. The van der Waals surface area contributed by atoms with Crippen molar-refractivity contribution in [1.82, 2.24) is 10.3 Å². The van der Waals surface area contributed by atoms with Gasteiger partial charge in [-0.1, -0.05) is 6.42 Å². The molecule has 5 heteroatoms. The van der Waals surface area contributed by atoms with E-state index in [0.717, 1.165) is 19.3 Å². The van der Waals surface area contributed by atoms with Crippen LogP contribution in [-0.4, -0.2) is 29.1 Å². The molecule has 18 heavy (non-hydrogen) atoms. The van der Waals surface area contributed by atoms with Crippen molar-refractivity contribution in [3.63, 3.8) is 0 Å². The summed E-state index contributed by atoms with van der Waals surface area (Å²) in [7, 11) is 0. The van der Waals surface area contributed by atoms with Gasteiger partial charge in [0.05, 0.1) is 6.61 Å². The lowest BCUT2D eigenvalue weighted by Gasteiger charge is -2.40. The highest BCUT2D eigenvalue weighted by atomic mass is 16.3. The number of aromatic amines is 1. The summed E-state index contributed by atoms with van der Waals surface area (Å²) in [5.74, 6) is -0.260. The van der Waals surface area contributed by atoms with Gasteiger partial charge < -0.3 is 15.4 Å². The van der Waals surface area contributed by atoms with Gasteiger partial charge in [0.25, 0.3) is 5.91 Å². The molecule has 1 aliphatic rings. The molecule has 0 spiro atoms. The van der Waals surface area contributed by atoms with Gasteiger partial charge in [0.2, 0.25) is 5.56 Å². The zero-order chi connectivity index (χ0) is 13.2. The van der Waals surface area contributed by atoms with E-state index >= 15 is 0 Å². The van der Waals surface area contributed by atoms with Crippen molar-refractivity contribution in [2.75, 3.05) is 13.2 Å². The minimum Gasteiger partial charge on any atom is -0.396 e. The minimum atomic E-state index is -0.277. The maximum atomic E-state index is 11.9. The second-order valence-corrected chi connectivity index (χ2v) is 5.11. The Morgan fingerprint density at radius 3 is 2.72 bits per heavy atom. The first-order chi connectivity index (χ1) is 8.54. The van der Waals surface area contributed by atoms with Crippen molar-refractivity contribution in [1.29, 1.82) is 0 Å². The summed E-state index contributed by atoms with van der Waals surface area (Å²) in [4.78, 5) is 25.8. The summed E-state index contributed by atoms with van der Waals surface area (Å²) < 4.78 is 0. The topological polar surface area (TPSA) is 82.2 Å². The van der Waals surface area contributed by atoms with Crippen molar-refractivity contribution in [3.05, 3.63) is 33.7 Å². The van der Waals surface area contributed by atoms with Gasteiger partial charge in [-0.05, 0) is 25.8 Å². The summed E-state index contributed by atoms with van der Waals surface area (Å²) in [6, 6.07) is 2.93. The number of aliphatic hydroxyl groups excluding tert-OH is 1. The molecule has 0 aliphatic heterocycles. The average Bonchev–Trinajstić information content (AvgIpc) is 2.26. The van der Waals surface area contributed by atoms with Crippen molar-refractivity contribution in [3.8, 4) is 0 Å². The van der Waals surface area contributed by atoms with E-state index < -0.39 is 0 Å². The maximum Gasteiger partial charge on any atom is 0.251 e. The molecule has 1 fully saturated rings. The maximum absolute atomic E-state index is 11.9. The van der Waals surface area contributed by atoms with E-state index in [9.17, 15) is 14.7 Å². The Kier molecular flexibility index (Phi) is 3.52. The van der Waals surface area contributed by atoms with Crippen molar-refractivity contribution < 1.29 is 9.90 Å². The Morgan fingerprint density at radius 1 is 1.50 bits per heavy atom. The molecule has 0 aromatic carbocycles. The molecule has 0 unspecified atom stereocenters. The summed E-state index contributed by atoms with van der Waals surface area (Å²) >= 11 is 0. The molecule has 1 aromatic heterocycles. The molecule has 0 atom stereocenters. The molecule has 0 radical (unpaired) electrons. The number of aliphatic hydroxyl groups is 1. The molecule has 0 bridgehead atoms. The Balaban J connectivity index is 2.01. The number of H-pyrrole nitrogens is 1. The number of nitrogens with one attached hydrogen (secondary N) is 2. The van der Waals surface area contributed by atoms with Crippen LogP contribution in [0.3, 0.4) is 0 Å². The first-order valence-corrected chi connectivity index (χ1v) is 6.15. The van der Waals surface area contributed by atoms with Crippen LogP contribution < -0.4 is 10.9 Å². The fourth-order valence-electron chi connectivity index (χ4n) is 2.25. The molecule has 3 N–H and O–H groups in total. The standard InChI is InChI=1S/C13H18N2O3/c1-9-5-10(6-11(17)15-9)12(18)14-7-13(8-16)3-2-4-13/h5-6,16H,2-4,7-8H2,1H3,(H,14,18)(H,15,17). The fraction of sp³-hybridized carbons (Fsp3) is 0.538. The first kappa shape index (κ1) is 12.8. The SMILES string of the molecule is Cc1cc(C(=O)NCC2(CO)CCC2)cc(=O)[nH]1. The Hall–Kier alpha value is -1.62. The second-order valence-electron chi connectivity index (χ2n) is 5.11. The van der Waals surface area contributed by atoms with Gasteiger partial charge in [0.1, 0.15) is 0 Å². The third-order valence-corrected chi connectivity index (χ3v) is 3.61. The number of aromatic nitrogens is 1. The summed E-state index contributed by atoms with van der Waals surface area (Å²) in [5, 5.41) is 12.1. The van der Waals surface area contributed by atoms with E-state index in [-0.39, 0.29) is 23.5 Å². The number of aryl methyl sites for hydroxylation is 1. The molecule has 98 valence electrons. The number of amides is 1. The average molecular weight is 250 g/mol. The third kappa shape index (κ3) is 2.61. The number of carbonyl (C=O) groups excluding carboxylic acids is 1. The predicted molar refractivity (Wildman–Crippen MR) is 67.5 cm³/mol. The van der Waals surface area contributed by atoms with Crippen molar-refractivity contribution >= 4 is 5.91 Å². The Labute approximate surface area is 105 Å². The first-order valence-electron chi connectivity index (χ1n) is 6.15. The summed E-state index contributed by atoms with van der Waals surface area (Å²) in [6.07, 6.45) is 2.98. The lowest BCUT2D eigenvalue weighted by Crippen LogP contribution is -2.44. The Morgan fingerprint density at radius 2 is 2.22 bits per heavy atom. The lowest BCUT2D eigenvalue weighted by atomic mass is 9.69. The molecule has 1 aliphatic carbocycles. The van der Waals surface area contributed by atoms with Gasteiger partial charge in [0.15, 0.2) is 0 Å². The van der Waals surface area contributed by atoms with Crippen LogP contribution in [0.4, 0.5) is 0 Å². The predicted octanol–water partition coefficient (Wildman–Crippen LogP) is 0.576. The molecule has 1 amide bonds. The van der Waals surface area contributed by atoms with Gasteiger partial charge in [-0.3, -0.25) is 9.59 Å². The molecule has 5 nitrogen and oxygen atoms in total. The van der Waals surface area contributed by atoms with Gasteiger partial charge in [0, 0.05) is 29.3 Å². The van der Waals surface area contributed by atoms with Crippen LogP contribution in [0.2, 0.25) is 0 Å².